The van der Waals surface area contributed by atoms with E-state index in [0.29, 0.717) is 25.9 Å². The molecule has 5 nitrogen and oxygen atoms in total. The summed E-state index contributed by atoms with van der Waals surface area (Å²) in [6, 6.07) is 8.23. The number of rotatable bonds is 15. The Morgan fingerprint density at radius 2 is 2.06 bits per heavy atom. The number of halogens is 1. The third-order valence-corrected chi connectivity index (χ3v) is 6.58. The van der Waals surface area contributed by atoms with Crippen LogP contribution < -0.4 is 0 Å². The smallest absolute Gasteiger partial charge is 0.303 e. The van der Waals surface area contributed by atoms with Crippen LogP contribution in [0.5, 0.6) is 0 Å². The van der Waals surface area contributed by atoms with Gasteiger partial charge in [-0.15, -0.1) is 11.6 Å². The van der Waals surface area contributed by atoms with Gasteiger partial charge in [-0.2, -0.15) is 0 Å². The van der Waals surface area contributed by atoms with Crippen molar-refractivity contribution in [2.24, 2.45) is 11.8 Å². The van der Waals surface area contributed by atoms with E-state index in [1.165, 1.54) is 5.56 Å². The second-order valence-electron chi connectivity index (χ2n) is 8.89. The number of carbonyl (C=O) groups is 1. The zero-order valence-corrected chi connectivity index (χ0v) is 20.4. The fourth-order valence-electron chi connectivity index (χ4n) is 4.32. The maximum absolute atomic E-state index is 10.6. The van der Waals surface area contributed by atoms with E-state index in [1.807, 2.05) is 30.4 Å². The lowest BCUT2D eigenvalue weighted by atomic mass is 9.90. The van der Waals surface area contributed by atoms with Gasteiger partial charge >= 0.3 is 5.97 Å². The highest BCUT2D eigenvalue weighted by atomic mass is 35.5. The molecule has 1 aromatic rings. The number of unbranched alkanes of at least 4 members (excludes halogenated alkanes) is 1. The molecule has 1 saturated carbocycles. The Balaban J connectivity index is 1.86. The van der Waals surface area contributed by atoms with Crippen molar-refractivity contribution in [1.82, 2.24) is 0 Å². The molecule has 1 fully saturated rings. The van der Waals surface area contributed by atoms with Gasteiger partial charge < -0.3 is 20.1 Å². The monoisotopic (exact) mass is 478 g/mol. The van der Waals surface area contributed by atoms with E-state index in [9.17, 15) is 15.0 Å². The van der Waals surface area contributed by atoms with Gasteiger partial charge in [-0.05, 0) is 55.6 Å². The first kappa shape index (κ1) is 27.6. The molecule has 0 heterocycles. The highest BCUT2D eigenvalue weighted by molar-refractivity contribution is 6.21. The third kappa shape index (κ3) is 10.4. The van der Waals surface area contributed by atoms with Crippen molar-refractivity contribution in [2.75, 3.05) is 13.2 Å². The average molecular weight is 479 g/mol. The zero-order chi connectivity index (χ0) is 24.1. The largest absolute Gasteiger partial charge is 0.481 e. The van der Waals surface area contributed by atoms with E-state index < -0.39 is 18.2 Å². The molecule has 6 heteroatoms. The third-order valence-electron chi connectivity index (χ3n) is 6.08. The first-order valence-electron chi connectivity index (χ1n) is 12.1. The molecule has 0 amide bonds. The minimum absolute atomic E-state index is 0.0901. The lowest BCUT2D eigenvalue weighted by Crippen LogP contribution is -2.19. The number of hydrogen-bond donors (Lipinski definition) is 3. The number of ether oxygens (including phenoxy) is 1. The minimum atomic E-state index is -0.778. The Morgan fingerprint density at radius 3 is 2.82 bits per heavy atom. The molecule has 0 saturated heterocycles. The molecule has 0 spiro atoms. The number of carboxylic acids is 1. The number of hydrogen-bond acceptors (Lipinski definition) is 4. The average Bonchev–Trinajstić information content (AvgIpc) is 3.04. The fraction of sp³-hybridized carbons (Fsp3) is 0.593. The molecular weight excluding hydrogens is 440 g/mol. The number of aliphatic hydroxyl groups excluding tert-OH is 2. The standard InChI is InChI=1S/C27H39ClO5/c1-2-15-33-16-14-20-8-7-9-21(17-20)18-22(29)12-13-24-23(25(28)19-26(24)30)10-5-3-4-6-11-27(31)32/h3,5,7-9,12-13,17,22-26,29-30H,2,4,6,10-11,14-16,18-19H2,1H3,(H,31,32)/t22?,23-,24-,25-,26-/m1/s1. The first-order valence-corrected chi connectivity index (χ1v) is 12.5. The number of carboxylic acid groups (broad SMARTS) is 1. The van der Waals surface area contributed by atoms with Gasteiger partial charge in [0.2, 0.25) is 0 Å². The van der Waals surface area contributed by atoms with E-state index >= 15 is 0 Å². The number of allylic oxidation sites excluding steroid dienone is 2. The second-order valence-corrected chi connectivity index (χ2v) is 9.45. The number of alkyl halides is 1. The molecule has 0 aliphatic heterocycles. The van der Waals surface area contributed by atoms with Crippen molar-refractivity contribution in [1.29, 1.82) is 0 Å². The summed E-state index contributed by atoms with van der Waals surface area (Å²) >= 11 is 6.50. The minimum Gasteiger partial charge on any atom is -0.481 e. The Morgan fingerprint density at radius 1 is 1.27 bits per heavy atom. The lowest BCUT2D eigenvalue weighted by Gasteiger charge is -2.19. The van der Waals surface area contributed by atoms with Crippen LogP contribution in [-0.4, -0.2) is 52.1 Å². The van der Waals surface area contributed by atoms with Crippen molar-refractivity contribution in [3.63, 3.8) is 0 Å². The van der Waals surface area contributed by atoms with E-state index in [-0.39, 0.29) is 23.6 Å². The van der Waals surface area contributed by atoms with Gasteiger partial charge in [0.15, 0.2) is 0 Å². The molecule has 184 valence electrons. The van der Waals surface area contributed by atoms with Crippen molar-refractivity contribution < 1.29 is 24.9 Å². The quantitative estimate of drug-likeness (QED) is 0.189. The summed E-state index contributed by atoms with van der Waals surface area (Å²) in [4.78, 5) is 10.6. The molecule has 5 atom stereocenters. The maximum Gasteiger partial charge on any atom is 0.303 e. The van der Waals surface area contributed by atoms with Crippen LogP contribution in [0.2, 0.25) is 0 Å². The highest BCUT2D eigenvalue weighted by Gasteiger charge is 2.39. The Bertz CT molecular complexity index is 763. The molecule has 0 aromatic heterocycles. The van der Waals surface area contributed by atoms with Gasteiger partial charge in [0, 0.05) is 30.7 Å². The van der Waals surface area contributed by atoms with Gasteiger partial charge in [0.1, 0.15) is 0 Å². The van der Waals surface area contributed by atoms with Crippen LogP contribution in [0.15, 0.2) is 48.6 Å². The summed E-state index contributed by atoms with van der Waals surface area (Å²) in [7, 11) is 0. The van der Waals surface area contributed by atoms with Crippen LogP contribution in [0.4, 0.5) is 0 Å². The Hall–Kier alpha value is -1.66. The lowest BCUT2D eigenvalue weighted by molar-refractivity contribution is -0.137. The summed E-state index contributed by atoms with van der Waals surface area (Å²) in [5, 5.41) is 29.6. The molecule has 2 rings (SSSR count). The Kier molecular flexibility index (Phi) is 12.8. The normalized spacial score (nSPS) is 24.1. The molecule has 1 aliphatic carbocycles. The summed E-state index contributed by atoms with van der Waals surface area (Å²) in [5.41, 5.74) is 2.27. The van der Waals surface area contributed by atoms with E-state index in [4.69, 9.17) is 21.4 Å². The first-order chi connectivity index (χ1) is 15.9. The van der Waals surface area contributed by atoms with E-state index in [2.05, 4.69) is 19.1 Å². The SMILES string of the molecule is CCCOCCc1cccc(CC(O)C=C[C@@H]2[C@@H](CC=CCCCC(=O)O)[C@H](Cl)C[C@H]2O)c1. The molecule has 1 aromatic carbocycles. The Labute approximate surface area is 203 Å². The number of aliphatic carboxylic acids is 1. The predicted molar refractivity (Wildman–Crippen MR) is 133 cm³/mol. The summed E-state index contributed by atoms with van der Waals surface area (Å²) in [6.45, 7) is 3.58. The van der Waals surface area contributed by atoms with Crippen LogP contribution >= 0.6 is 11.6 Å². The van der Waals surface area contributed by atoms with Crippen LogP contribution in [0.1, 0.15) is 56.6 Å². The van der Waals surface area contributed by atoms with E-state index in [0.717, 1.165) is 37.9 Å². The highest BCUT2D eigenvalue weighted by Crippen LogP contribution is 2.39. The topological polar surface area (TPSA) is 87.0 Å². The van der Waals surface area contributed by atoms with Crippen molar-refractivity contribution in [2.45, 2.75) is 75.9 Å². The molecule has 3 N–H and O–H groups in total. The summed E-state index contributed by atoms with van der Waals surface area (Å²) < 4.78 is 5.57. The van der Waals surface area contributed by atoms with Crippen LogP contribution in [0, 0.1) is 11.8 Å². The second kappa shape index (κ2) is 15.3. The molecule has 1 aliphatic rings. The van der Waals surface area contributed by atoms with Crippen molar-refractivity contribution in [3.05, 3.63) is 59.7 Å². The van der Waals surface area contributed by atoms with E-state index in [1.54, 1.807) is 6.08 Å². The van der Waals surface area contributed by atoms with Crippen LogP contribution in [-0.2, 0) is 22.4 Å². The van der Waals surface area contributed by atoms with Gasteiger partial charge in [-0.25, -0.2) is 0 Å². The zero-order valence-electron chi connectivity index (χ0n) is 19.6. The van der Waals surface area contributed by atoms with Crippen molar-refractivity contribution >= 4 is 17.6 Å². The van der Waals surface area contributed by atoms with Gasteiger partial charge in [-0.1, -0.05) is 55.5 Å². The van der Waals surface area contributed by atoms with Gasteiger partial charge in [0.25, 0.3) is 0 Å². The maximum atomic E-state index is 10.6. The number of aliphatic hydroxyl groups is 2. The van der Waals surface area contributed by atoms with Crippen molar-refractivity contribution in [3.8, 4) is 0 Å². The van der Waals surface area contributed by atoms with Crippen LogP contribution in [0.25, 0.3) is 0 Å². The number of benzene rings is 1. The predicted octanol–water partition coefficient (Wildman–Crippen LogP) is 4.92. The fourth-order valence-corrected chi connectivity index (χ4v) is 4.78. The molecule has 1 unspecified atom stereocenters. The van der Waals surface area contributed by atoms with Gasteiger partial charge in [0.05, 0.1) is 18.8 Å². The molecule has 33 heavy (non-hydrogen) atoms. The molecule has 0 bridgehead atoms. The molecular formula is C27H39ClO5. The summed E-state index contributed by atoms with van der Waals surface area (Å²) in [5.74, 6) is -0.792. The van der Waals surface area contributed by atoms with Crippen LogP contribution in [0.3, 0.4) is 0 Å². The molecule has 0 radical (unpaired) electrons. The van der Waals surface area contributed by atoms with Gasteiger partial charge in [-0.3, -0.25) is 4.79 Å². The summed E-state index contributed by atoms with van der Waals surface area (Å²) in [6.07, 6.45) is 11.7.